The lowest BCUT2D eigenvalue weighted by molar-refractivity contribution is -0.122. The van der Waals surface area contributed by atoms with E-state index in [1.165, 1.54) is 5.57 Å². The van der Waals surface area contributed by atoms with Gasteiger partial charge < -0.3 is 20.9 Å². The van der Waals surface area contributed by atoms with E-state index >= 15 is 0 Å². The van der Waals surface area contributed by atoms with E-state index in [1.54, 1.807) is 0 Å². The van der Waals surface area contributed by atoms with E-state index in [1.807, 2.05) is 4.90 Å². The molecule has 3 N–H and O–H groups in total. The van der Waals surface area contributed by atoms with Crippen LogP contribution in [0.2, 0.25) is 0 Å². The number of hydrogen-bond donors (Lipinski definition) is 3. The van der Waals surface area contributed by atoms with Crippen LogP contribution in [0.3, 0.4) is 0 Å². The average molecular weight is 336 g/mol. The van der Waals surface area contributed by atoms with Crippen LogP contribution in [0.1, 0.15) is 39.5 Å². The number of nitrogens with one attached hydrogen (secondary N) is 3. The van der Waals surface area contributed by atoms with Crippen molar-refractivity contribution >= 4 is 11.9 Å². The van der Waals surface area contributed by atoms with Crippen molar-refractivity contribution in [1.82, 2.24) is 20.9 Å². The van der Waals surface area contributed by atoms with Crippen molar-refractivity contribution in [3.05, 3.63) is 11.6 Å². The Morgan fingerprint density at radius 2 is 2.21 bits per heavy atom. The van der Waals surface area contributed by atoms with Gasteiger partial charge in [-0.15, -0.1) is 0 Å². The second-order valence-electron chi connectivity index (χ2n) is 7.33. The maximum absolute atomic E-state index is 12.2. The number of carbonyl (C=O) groups excluding carboxylic acids is 2. The smallest absolute Gasteiger partial charge is 0.317 e. The van der Waals surface area contributed by atoms with E-state index in [9.17, 15) is 9.59 Å². The molecule has 0 spiro atoms. The monoisotopic (exact) mass is 336 g/mol. The number of amides is 3. The lowest BCUT2D eigenvalue weighted by Crippen LogP contribution is -2.47. The molecule has 2 rings (SSSR count). The van der Waals surface area contributed by atoms with Crippen LogP contribution in [0, 0.1) is 11.8 Å². The van der Waals surface area contributed by atoms with E-state index in [0.717, 1.165) is 38.9 Å². The summed E-state index contributed by atoms with van der Waals surface area (Å²) in [4.78, 5) is 26.2. The molecule has 0 aromatic rings. The van der Waals surface area contributed by atoms with Gasteiger partial charge in [0.1, 0.15) is 0 Å². The van der Waals surface area contributed by atoms with Gasteiger partial charge in [-0.1, -0.05) is 25.5 Å². The fourth-order valence-electron chi connectivity index (χ4n) is 3.20. The molecule has 3 amide bonds. The molecule has 0 bridgehead atoms. The standard InChI is InChI=1S/C18H32N4O2/c1-14(2)11-21-18(24)22-9-3-4-16(13-22)10-17(23)20-12-15-5-7-19-8-6-15/h5,14,16,19H,3-4,6-13H2,1-2H3,(H,20,23)(H,21,24). The Morgan fingerprint density at radius 3 is 2.92 bits per heavy atom. The van der Waals surface area contributed by atoms with E-state index in [4.69, 9.17) is 0 Å². The van der Waals surface area contributed by atoms with Crippen molar-refractivity contribution in [1.29, 1.82) is 0 Å². The Morgan fingerprint density at radius 1 is 1.38 bits per heavy atom. The van der Waals surface area contributed by atoms with Crippen LogP contribution in [0.15, 0.2) is 11.6 Å². The number of piperidine rings is 1. The molecule has 1 atom stereocenters. The van der Waals surface area contributed by atoms with Crippen LogP contribution in [-0.4, -0.2) is 56.1 Å². The highest BCUT2D eigenvalue weighted by atomic mass is 16.2. The molecule has 0 aliphatic carbocycles. The summed E-state index contributed by atoms with van der Waals surface area (Å²) in [6.45, 7) is 8.89. The maximum Gasteiger partial charge on any atom is 0.317 e. The molecule has 0 aromatic carbocycles. The van der Waals surface area contributed by atoms with Crippen LogP contribution in [0.25, 0.3) is 0 Å². The first-order valence-electron chi connectivity index (χ1n) is 9.22. The van der Waals surface area contributed by atoms with Crippen molar-refractivity contribution < 1.29 is 9.59 Å². The molecule has 1 saturated heterocycles. The second-order valence-corrected chi connectivity index (χ2v) is 7.33. The van der Waals surface area contributed by atoms with Gasteiger partial charge in [0.15, 0.2) is 0 Å². The number of nitrogens with zero attached hydrogens (tertiary/aromatic N) is 1. The molecule has 2 aliphatic rings. The average Bonchev–Trinajstić information content (AvgIpc) is 2.59. The first kappa shape index (κ1) is 18.8. The summed E-state index contributed by atoms with van der Waals surface area (Å²) in [7, 11) is 0. The van der Waals surface area contributed by atoms with Gasteiger partial charge in [-0.3, -0.25) is 4.79 Å². The van der Waals surface area contributed by atoms with Crippen molar-refractivity contribution in [2.75, 3.05) is 39.3 Å². The van der Waals surface area contributed by atoms with Crippen molar-refractivity contribution in [2.24, 2.45) is 11.8 Å². The van der Waals surface area contributed by atoms with Crippen molar-refractivity contribution in [3.63, 3.8) is 0 Å². The van der Waals surface area contributed by atoms with Gasteiger partial charge in [-0.05, 0) is 37.6 Å². The Labute approximate surface area is 145 Å². The summed E-state index contributed by atoms with van der Waals surface area (Å²) >= 11 is 0. The van der Waals surface area contributed by atoms with E-state index < -0.39 is 0 Å². The Bertz CT molecular complexity index is 462. The number of urea groups is 1. The number of rotatable bonds is 6. The predicted molar refractivity (Wildman–Crippen MR) is 95.7 cm³/mol. The van der Waals surface area contributed by atoms with Gasteiger partial charge in [0.2, 0.25) is 5.91 Å². The molecule has 6 nitrogen and oxygen atoms in total. The third-order valence-corrected chi connectivity index (χ3v) is 4.61. The number of carbonyl (C=O) groups is 2. The van der Waals surface area contributed by atoms with E-state index in [-0.39, 0.29) is 17.9 Å². The van der Waals surface area contributed by atoms with Gasteiger partial charge in [0, 0.05) is 39.1 Å². The lowest BCUT2D eigenvalue weighted by Gasteiger charge is -2.32. The molecule has 2 aliphatic heterocycles. The number of hydrogen-bond acceptors (Lipinski definition) is 3. The van der Waals surface area contributed by atoms with Crippen LogP contribution in [-0.2, 0) is 4.79 Å². The summed E-state index contributed by atoms with van der Waals surface area (Å²) in [5.74, 6) is 0.819. The zero-order chi connectivity index (χ0) is 17.4. The predicted octanol–water partition coefficient (Wildman–Crippen LogP) is 1.49. The third kappa shape index (κ3) is 6.51. The molecule has 0 aromatic heterocycles. The van der Waals surface area contributed by atoms with Gasteiger partial charge >= 0.3 is 6.03 Å². The van der Waals surface area contributed by atoms with Gasteiger partial charge in [0.05, 0.1) is 0 Å². The summed E-state index contributed by atoms with van der Waals surface area (Å²) in [6, 6.07) is 0.00803. The first-order valence-corrected chi connectivity index (χ1v) is 9.22. The molecule has 24 heavy (non-hydrogen) atoms. The molecular weight excluding hydrogens is 304 g/mol. The Hall–Kier alpha value is -1.56. The molecule has 0 saturated carbocycles. The quantitative estimate of drug-likeness (QED) is 0.644. The first-order chi connectivity index (χ1) is 11.5. The van der Waals surface area contributed by atoms with Gasteiger partial charge in [0.25, 0.3) is 0 Å². The van der Waals surface area contributed by atoms with Crippen LogP contribution in [0.5, 0.6) is 0 Å². The highest BCUT2D eigenvalue weighted by molar-refractivity contribution is 5.77. The molecular formula is C18H32N4O2. The molecule has 136 valence electrons. The highest BCUT2D eigenvalue weighted by Crippen LogP contribution is 2.19. The zero-order valence-electron chi connectivity index (χ0n) is 15.1. The minimum absolute atomic E-state index is 0.00803. The second kappa shape index (κ2) is 9.67. The SMILES string of the molecule is CC(C)CNC(=O)N1CCCC(CC(=O)NCC2=CCNCC2)C1. The summed E-state index contributed by atoms with van der Waals surface area (Å²) in [5.41, 5.74) is 1.31. The zero-order valence-corrected chi connectivity index (χ0v) is 15.1. The normalized spacial score (nSPS) is 21.4. The highest BCUT2D eigenvalue weighted by Gasteiger charge is 2.25. The van der Waals surface area contributed by atoms with E-state index in [0.29, 0.717) is 32.0 Å². The minimum Gasteiger partial charge on any atom is -0.352 e. The molecule has 1 fully saturated rings. The van der Waals surface area contributed by atoms with E-state index in [2.05, 4.69) is 35.9 Å². The fourth-order valence-corrected chi connectivity index (χ4v) is 3.20. The molecule has 6 heteroatoms. The van der Waals surface area contributed by atoms with Crippen molar-refractivity contribution in [3.8, 4) is 0 Å². The van der Waals surface area contributed by atoms with Crippen LogP contribution in [0.4, 0.5) is 4.79 Å². The number of likely N-dealkylation sites (tertiary alicyclic amines) is 1. The summed E-state index contributed by atoms with van der Waals surface area (Å²) in [6.07, 6.45) is 5.68. The maximum atomic E-state index is 12.2. The van der Waals surface area contributed by atoms with Gasteiger partial charge in [-0.25, -0.2) is 4.79 Å². The lowest BCUT2D eigenvalue weighted by atomic mass is 9.94. The molecule has 2 heterocycles. The van der Waals surface area contributed by atoms with Gasteiger partial charge in [-0.2, -0.15) is 0 Å². The molecule has 0 radical (unpaired) electrons. The van der Waals surface area contributed by atoms with Crippen LogP contribution < -0.4 is 16.0 Å². The largest absolute Gasteiger partial charge is 0.352 e. The summed E-state index contributed by atoms with van der Waals surface area (Å²) < 4.78 is 0. The Kier molecular flexibility index (Phi) is 7.56. The Balaban J connectivity index is 1.70. The molecule has 1 unspecified atom stereocenters. The van der Waals surface area contributed by atoms with Crippen molar-refractivity contribution in [2.45, 2.75) is 39.5 Å². The minimum atomic E-state index is 0.00803. The van der Waals surface area contributed by atoms with Crippen LogP contribution >= 0.6 is 0 Å². The fraction of sp³-hybridized carbons (Fsp3) is 0.778. The summed E-state index contributed by atoms with van der Waals surface area (Å²) in [5, 5.41) is 9.26. The third-order valence-electron chi connectivity index (χ3n) is 4.61. The topological polar surface area (TPSA) is 73.5 Å².